The van der Waals surface area contributed by atoms with Gasteiger partial charge in [0.25, 0.3) is 17.7 Å². The number of imide groups is 1. The predicted molar refractivity (Wildman–Crippen MR) is 104 cm³/mol. The van der Waals surface area contributed by atoms with Crippen LogP contribution in [0.25, 0.3) is 0 Å². The number of unbranched alkanes of at least 4 members (excludes halogenated alkanes) is 2. The molecule has 0 spiro atoms. The summed E-state index contributed by atoms with van der Waals surface area (Å²) in [4.78, 5) is 56.6. The van der Waals surface area contributed by atoms with Gasteiger partial charge in [-0.3, -0.25) is 28.7 Å². The number of hydroxylamine groups is 1. The number of amides is 3. The van der Waals surface area contributed by atoms with Crippen molar-refractivity contribution in [3.63, 3.8) is 0 Å². The molecule has 0 saturated carbocycles. The Balaban J connectivity index is 1.44. The lowest BCUT2D eigenvalue weighted by atomic mass is 10.1. The number of hydrogen-bond acceptors (Lipinski definition) is 9. The maximum Gasteiger partial charge on any atom is 0.350 e. The molecule has 2 aliphatic heterocycles. The van der Waals surface area contributed by atoms with Crippen LogP contribution in [-0.2, 0) is 19.2 Å². The lowest BCUT2D eigenvalue weighted by molar-refractivity contribution is -0.141. The second kappa shape index (κ2) is 10.2. The van der Waals surface area contributed by atoms with Gasteiger partial charge in [0.1, 0.15) is 11.8 Å². The SMILES string of the molecule is O=C(NOCCCCCN1C(=O)C=CC1=O)c1ccn(C2OC(CO)C(O)C2(F)F)c(=O)n1. The Hall–Kier alpha value is -3.07. The number of ether oxygens (including phenoxy) is 1. The average molecular weight is 472 g/mol. The number of nitrogens with one attached hydrogen (secondary N) is 1. The number of aromatic nitrogens is 2. The Kier molecular flexibility index (Phi) is 7.63. The molecule has 180 valence electrons. The summed E-state index contributed by atoms with van der Waals surface area (Å²) in [5, 5.41) is 18.6. The molecule has 0 radical (unpaired) electrons. The van der Waals surface area contributed by atoms with E-state index < -0.39 is 48.3 Å². The van der Waals surface area contributed by atoms with Crippen LogP contribution in [0.15, 0.2) is 29.2 Å². The number of aliphatic hydroxyl groups is 2. The van der Waals surface area contributed by atoms with Gasteiger partial charge in [0, 0.05) is 24.9 Å². The monoisotopic (exact) mass is 472 g/mol. The first kappa shape index (κ1) is 24.6. The van der Waals surface area contributed by atoms with Crippen LogP contribution in [-0.4, -0.2) is 80.3 Å². The number of hydrogen-bond donors (Lipinski definition) is 3. The van der Waals surface area contributed by atoms with Crippen molar-refractivity contribution < 1.29 is 43.0 Å². The molecular weight excluding hydrogens is 450 g/mol. The van der Waals surface area contributed by atoms with Gasteiger partial charge in [-0.15, -0.1) is 0 Å². The zero-order chi connectivity index (χ0) is 24.2. The highest BCUT2D eigenvalue weighted by Gasteiger charge is 2.59. The van der Waals surface area contributed by atoms with Crippen molar-refractivity contribution in [1.82, 2.24) is 19.9 Å². The summed E-state index contributed by atoms with van der Waals surface area (Å²) in [6.07, 6.45) is -1.16. The molecule has 0 aromatic carbocycles. The highest BCUT2D eigenvalue weighted by molar-refractivity contribution is 6.12. The van der Waals surface area contributed by atoms with Crippen molar-refractivity contribution in [2.45, 2.75) is 43.6 Å². The largest absolute Gasteiger partial charge is 0.394 e. The molecule has 3 rings (SSSR count). The van der Waals surface area contributed by atoms with Gasteiger partial charge in [-0.25, -0.2) is 10.3 Å². The Bertz CT molecular complexity index is 980. The van der Waals surface area contributed by atoms with Gasteiger partial charge in [0.2, 0.25) is 6.23 Å². The smallest absolute Gasteiger partial charge is 0.350 e. The number of halogens is 2. The molecule has 1 aromatic rings. The van der Waals surface area contributed by atoms with E-state index in [1.807, 2.05) is 0 Å². The van der Waals surface area contributed by atoms with E-state index in [9.17, 15) is 33.1 Å². The molecule has 0 bridgehead atoms. The van der Waals surface area contributed by atoms with Gasteiger partial charge in [-0.05, 0) is 25.3 Å². The van der Waals surface area contributed by atoms with Gasteiger partial charge in [0.15, 0.2) is 6.10 Å². The normalized spacial score (nSPS) is 24.0. The third kappa shape index (κ3) is 5.30. The van der Waals surface area contributed by atoms with Crippen molar-refractivity contribution in [1.29, 1.82) is 0 Å². The molecular formula is C19H22F2N4O8. The Morgan fingerprint density at radius 3 is 2.52 bits per heavy atom. The summed E-state index contributed by atoms with van der Waals surface area (Å²) < 4.78 is 33.6. The zero-order valence-corrected chi connectivity index (χ0v) is 17.2. The molecule has 3 unspecified atom stereocenters. The molecule has 1 saturated heterocycles. The Morgan fingerprint density at radius 2 is 1.91 bits per heavy atom. The van der Waals surface area contributed by atoms with Crippen LogP contribution < -0.4 is 11.2 Å². The molecule has 3 N–H and O–H groups in total. The zero-order valence-electron chi connectivity index (χ0n) is 17.2. The van der Waals surface area contributed by atoms with Crippen molar-refractivity contribution >= 4 is 17.7 Å². The standard InChI is InChI=1S/C19H22F2N4O8/c20-19(21)15(29)12(10-26)33-17(19)25-8-6-11(22-18(25)31)16(30)23-32-9-3-1-2-7-24-13(27)4-5-14(24)28/h4-6,8,12,15,17,26,29H,1-3,7,9-10H2,(H,23,30). The first-order valence-electron chi connectivity index (χ1n) is 10.0. The van der Waals surface area contributed by atoms with Crippen LogP contribution in [0, 0.1) is 0 Å². The lowest BCUT2D eigenvalue weighted by Crippen LogP contribution is -2.42. The van der Waals surface area contributed by atoms with Crippen LogP contribution in [0.3, 0.4) is 0 Å². The van der Waals surface area contributed by atoms with Crippen LogP contribution in [0.2, 0.25) is 0 Å². The minimum Gasteiger partial charge on any atom is -0.394 e. The van der Waals surface area contributed by atoms with Crippen LogP contribution >= 0.6 is 0 Å². The average Bonchev–Trinajstić information content (AvgIpc) is 3.22. The minimum atomic E-state index is -3.86. The molecule has 14 heteroatoms. The Morgan fingerprint density at radius 1 is 1.21 bits per heavy atom. The summed E-state index contributed by atoms with van der Waals surface area (Å²) in [5.41, 5.74) is 0.453. The van der Waals surface area contributed by atoms with E-state index in [4.69, 9.17) is 14.7 Å². The van der Waals surface area contributed by atoms with Crippen molar-refractivity contribution in [3.05, 3.63) is 40.6 Å². The number of nitrogens with zero attached hydrogens (tertiary/aromatic N) is 3. The van der Waals surface area contributed by atoms with Gasteiger partial charge in [-0.2, -0.15) is 13.8 Å². The molecule has 3 atom stereocenters. The fraction of sp³-hybridized carbons (Fsp3) is 0.526. The highest BCUT2D eigenvalue weighted by atomic mass is 19.3. The lowest BCUT2D eigenvalue weighted by Gasteiger charge is -2.21. The molecule has 3 amide bonds. The van der Waals surface area contributed by atoms with Crippen molar-refractivity contribution in [2.75, 3.05) is 19.8 Å². The fourth-order valence-corrected chi connectivity index (χ4v) is 3.28. The first-order chi connectivity index (χ1) is 15.7. The highest BCUT2D eigenvalue weighted by Crippen LogP contribution is 2.41. The quantitative estimate of drug-likeness (QED) is 0.218. The third-order valence-corrected chi connectivity index (χ3v) is 5.07. The van der Waals surface area contributed by atoms with Gasteiger partial charge < -0.3 is 14.9 Å². The van der Waals surface area contributed by atoms with Gasteiger partial charge >= 0.3 is 11.6 Å². The Labute approximate surface area is 185 Å². The number of carbonyl (C=O) groups is 3. The summed E-state index contributed by atoms with van der Waals surface area (Å²) in [5.74, 6) is -5.46. The molecule has 1 aromatic heterocycles. The van der Waals surface area contributed by atoms with Crippen LogP contribution in [0.5, 0.6) is 0 Å². The summed E-state index contributed by atoms with van der Waals surface area (Å²) in [6.45, 7) is -0.498. The molecule has 0 aliphatic carbocycles. The topological polar surface area (TPSA) is 160 Å². The van der Waals surface area contributed by atoms with E-state index in [2.05, 4.69) is 10.5 Å². The van der Waals surface area contributed by atoms with Crippen molar-refractivity contribution in [2.24, 2.45) is 0 Å². The van der Waals surface area contributed by atoms with E-state index in [-0.39, 0.29) is 25.0 Å². The predicted octanol–water partition coefficient (Wildman–Crippen LogP) is -1.11. The summed E-state index contributed by atoms with van der Waals surface area (Å²) in [6, 6.07) is 0.996. The molecule has 33 heavy (non-hydrogen) atoms. The number of rotatable bonds is 10. The van der Waals surface area contributed by atoms with E-state index in [0.29, 0.717) is 23.8 Å². The second-order valence-corrected chi connectivity index (χ2v) is 7.33. The fourth-order valence-electron chi connectivity index (χ4n) is 3.28. The molecule has 1 fully saturated rings. The maximum absolute atomic E-state index is 14.2. The molecule has 2 aliphatic rings. The molecule has 12 nitrogen and oxygen atoms in total. The third-order valence-electron chi connectivity index (χ3n) is 5.07. The van der Waals surface area contributed by atoms with E-state index >= 15 is 0 Å². The summed E-state index contributed by atoms with van der Waals surface area (Å²) >= 11 is 0. The second-order valence-electron chi connectivity index (χ2n) is 7.33. The molecule has 3 heterocycles. The van der Waals surface area contributed by atoms with Crippen LogP contribution in [0.1, 0.15) is 36.0 Å². The number of carbonyl (C=O) groups excluding carboxylic acids is 3. The van der Waals surface area contributed by atoms with Gasteiger partial charge in [-0.1, -0.05) is 0 Å². The first-order valence-corrected chi connectivity index (χ1v) is 10.0. The van der Waals surface area contributed by atoms with Crippen molar-refractivity contribution in [3.8, 4) is 0 Å². The number of alkyl halides is 2. The van der Waals surface area contributed by atoms with E-state index in [1.165, 1.54) is 12.2 Å². The van der Waals surface area contributed by atoms with Crippen LogP contribution in [0.4, 0.5) is 8.78 Å². The maximum atomic E-state index is 14.2. The van der Waals surface area contributed by atoms with E-state index in [1.54, 1.807) is 0 Å². The summed E-state index contributed by atoms with van der Waals surface area (Å²) in [7, 11) is 0. The number of aliphatic hydroxyl groups excluding tert-OH is 2. The van der Waals surface area contributed by atoms with E-state index in [0.717, 1.165) is 17.2 Å². The minimum absolute atomic E-state index is 0.103. The van der Waals surface area contributed by atoms with Gasteiger partial charge in [0.05, 0.1) is 13.2 Å².